The molecule has 180 valence electrons. The molecule has 0 radical (unpaired) electrons. The predicted octanol–water partition coefficient (Wildman–Crippen LogP) is 4.09. The summed E-state index contributed by atoms with van der Waals surface area (Å²) in [5.41, 5.74) is 1.46. The summed E-state index contributed by atoms with van der Waals surface area (Å²) in [6, 6.07) is 19.1. The van der Waals surface area contributed by atoms with Crippen LogP contribution in [0.5, 0.6) is 5.75 Å². The number of nitrogens with one attached hydrogen (secondary N) is 1. The monoisotopic (exact) mass is 481 g/mol. The Morgan fingerprint density at radius 2 is 1.74 bits per heavy atom. The van der Waals surface area contributed by atoms with E-state index in [2.05, 4.69) is 35.6 Å². The van der Waals surface area contributed by atoms with Crippen LogP contribution in [-0.2, 0) is 21.4 Å². The summed E-state index contributed by atoms with van der Waals surface area (Å²) in [6.45, 7) is 1.81. The molecule has 3 aromatic carbocycles. The van der Waals surface area contributed by atoms with Crippen molar-refractivity contribution in [1.82, 2.24) is 9.21 Å². The lowest BCUT2D eigenvalue weighted by atomic mass is 10.1. The Bertz CT molecular complexity index is 1270. The quantitative estimate of drug-likeness (QED) is 0.524. The van der Waals surface area contributed by atoms with Gasteiger partial charge < -0.3 is 10.1 Å². The lowest BCUT2D eigenvalue weighted by Gasteiger charge is -2.26. The Kier molecular flexibility index (Phi) is 7.50. The first-order valence-corrected chi connectivity index (χ1v) is 12.9. The van der Waals surface area contributed by atoms with E-state index >= 15 is 0 Å². The molecule has 0 spiro atoms. The number of hydrogen-bond acceptors (Lipinski definition) is 5. The van der Waals surface area contributed by atoms with E-state index in [0.717, 1.165) is 30.2 Å². The number of anilines is 1. The number of piperidine rings is 1. The molecule has 0 atom stereocenters. The van der Waals surface area contributed by atoms with Gasteiger partial charge in [-0.15, -0.1) is 0 Å². The van der Waals surface area contributed by atoms with E-state index in [9.17, 15) is 13.2 Å². The van der Waals surface area contributed by atoms with Gasteiger partial charge in [0.25, 0.3) is 0 Å². The minimum atomic E-state index is -3.61. The number of benzene rings is 3. The van der Waals surface area contributed by atoms with Crippen LogP contribution in [0.4, 0.5) is 5.69 Å². The first-order chi connectivity index (χ1) is 16.4. The summed E-state index contributed by atoms with van der Waals surface area (Å²) < 4.78 is 33.0. The normalized spacial score (nSPS) is 14.9. The minimum absolute atomic E-state index is 0.152. The van der Waals surface area contributed by atoms with Crippen LogP contribution >= 0.6 is 0 Å². The van der Waals surface area contributed by atoms with Crippen molar-refractivity contribution < 1.29 is 17.9 Å². The topological polar surface area (TPSA) is 79.0 Å². The maximum absolute atomic E-state index is 13.1. The summed E-state index contributed by atoms with van der Waals surface area (Å²) in [5, 5.41) is 5.17. The second-order valence-electron chi connectivity index (χ2n) is 8.73. The molecule has 7 nitrogen and oxygen atoms in total. The summed E-state index contributed by atoms with van der Waals surface area (Å²) in [4.78, 5) is 14.9. The van der Waals surface area contributed by atoms with Crippen molar-refractivity contribution in [3.8, 4) is 5.75 Å². The van der Waals surface area contributed by atoms with Gasteiger partial charge in [0.1, 0.15) is 5.75 Å². The fourth-order valence-electron chi connectivity index (χ4n) is 4.34. The first-order valence-electron chi connectivity index (χ1n) is 11.5. The summed E-state index contributed by atoms with van der Waals surface area (Å²) >= 11 is 0. The van der Waals surface area contributed by atoms with E-state index in [4.69, 9.17) is 4.74 Å². The lowest BCUT2D eigenvalue weighted by molar-refractivity contribution is -0.117. The highest BCUT2D eigenvalue weighted by atomic mass is 32.2. The van der Waals surface area contributed by atoms with Crippen molar-refractivity contribution in [2.24, 2.45) is 0 Å². The molecule has 3 aromatic rings. The Balaban J connectivity index is 1.44. The van der Waals surface area contributed by atoms with E-state index in [-0.39, 0.29) is 17.3 Å². The molecule has 4 rings (SSSR count). The summed E-state index contributed by atoms with van der Waals surface area (Å²) in [5.74, 6) is 0.178. The van der Waals surface area contributed by atoms with Gasteiger partial charge in [-0.2, -0.15) is 4.31 Å². The van der Waals surface area contributed by atoms with Gasteiger partial charge in [0.2, 0.25) is 15.9 Å². The molecule has 1 N–H and O–H groups in total. The summed E-state index contributed by atoms with van der Waals surface area (Å²) in [7, 11) is -0.237. The van der Waals surface area contributed by atoms with E-state index in [1.54, 1.807) is 6.07 Å². The molecule has 1 aliphatic heterocycles. The number of rotatable bonds is 8. The number of hydrogen-bond donors (Lipinski definition) is 1. The van der Waals surface area contributed by atoms with Crippen LogP contribution in [0, 0.1) is 0 Å². The van der Waals surface area contributed by atoms with Gasteiger partial charge in [0, 0.05) is 19.6 Å². The largest absolute Gasteiger partial charge is 0.495 e. The van der Waals surface area contributed by atoms with Crippen molar-refractivity contribution >= 4 is 32.4 Å². The molecule has 0 aliphatic carbocycles. The SMILES string of the molecule is COc1ccc(S(=O)(=O)N2CCCCC2)cc1NC(=O)CN(C)Cc1ccc2ccccc2c1. The van der Waals surface area contributed by atoms with Crippen LogP contribution < -0.4 is 10.1 Å². The molecule has 34 heavy (non-hydrogen) atoms. The van der Waals surface area contributed by atoms with Gasteiger partial charge in [0.05, 0.1) is 24.2 Å². The Morgan fingerprint density at radius 1 is 1.00 bits per heavy atom. The zero-order valence-electron chi connectivity index (χ0n) is 19.7. The predicted molar refractivity (Wildman–Crippen MR) is 135 cm³/mol. The molecule has 0 aromatic heterocycles. The van der Waals surface area contributed by atoms with Crippen molar-refractivity contribution in [3.05, 3.63) is 66.2 Å². The maximum Gasteiger partial charge on any atom is 0.243 e. The molecule has 0 unspecified atom stereocenters. The van der Waals surface area contributed by atoms with Crippen molar-refractivity contribution in [3.63, 3.8) is 0 Å². The zero-order chi connectivity index (χ0) is 24.1. The van der Waals surface area contributed by atoms with Crippen LogP contribution in [0.25, 0.3) is 10.8 Å². The zero-order valence-corrected chi connectivity index (χ0v) is 20.5. The van der Waals surface area contributed by atoms with E-state index in [0.29, 0.717) is 31.1 Å². The van der Waals surface area contributed by atoms with Crippen molar-refractivity contribution in [1.29, 1.82) is 0 Å². The number of likely N-dealkylation sites (N-methyl/N-ethyl adjacent to an activating group) is 1. The highest BCUT2D eigenvalue weighted by Gasteiger charge is 2.27. The fraction of sp³-hybridized carbons (Fsp3) is 0.346. The first kappa shape index (κ1) is 24.2. The maximum atomic E-state index is 13.1. The third-order valence-electron chi connectivity index (χ3n) is 6.08. The number of amides is 1. The highest BCUT2D eigenvalue weighted by Crippen LogP contribution is 2.30. The smallest absolute Gasteiger partial charge is 0.243 e. The van der Waals surface area contributed by atoms with Gasteiger partial charge >= 0.3 is 0 Å². The van der Waals surface area contributed by atoms with Crippen LogP contribution in [0.3, 0.4) is 0 Å². The van der Waals surface area contributed by atoms with Gasteiger partial charge in [0.15, 0.2) is 0 Å². The highest BCUT2D eigenvalue weighted by molar-refractivity contribution is 7.89. The Hall–Kier alpha value is -2.94. The molecular weight excluding hydrogens is 450 g/mol. The van der Waals surface area contributed by atoms with E-state index in [1.807, 2.05) is 24.1 Å². The van der Waals surface area contributed by atoms with E-state index in [1.165, 1.54) is 28.9 Å². The number of nitrogens with zero attached hydrogens (tertiary/aromatic N) is 2. The van der Waals surface area contributed by atoms with Gasteiger partial charge in [-0.25, -0.2) is 8.42 Å². The minimum Gasteiger partial charge on any atom is -0.495 e. The average Bonchev–Trinajstić information content (AvgIpc) is 2.84. The molecule has 1 fully saturated rings. The summed E-state index contributed by atoms with van der Waals surface area (Å²) in [6.07, 6.45) is 2.77. The molecule has 1 heterocycles. The molecule has 0 saturated carbocycles. The molecule has 1 saturated heterocycles. The average molecular weight is 482 g/mol. The fourth-order valence-corrected chi connectivity index (χ4v) is 5.88. The van der Waals surface area contributed by atoms with Crippen molar-refractivity contribution in [2.75, 3.05) is 39.1 Å². The molecule has 1 aliphatic rings. The van der Waals surface area contributed by atoms with Crippen molar-refractivity contribution in [2.45, 2.75) is 30.7 Å². The third-order valence-corrected chi connectivity index (χ3v) is 7.97. The number of carbonyl (C=O) groups excluding carboxylic acids is 1. The third kappa shape index (κ3) is 5.58. The Morgan fingerprint density at radius 3 is 2.47 bits per heavy atom. The van der Waals surface area contributed by atoms with Crippen LogP contribution in [0.1, 0.15) is 24.8 Å². The molecule has 1 amide bonds. The lowest BCUT2D eigenvalue weighted by Crippen LogP contribution is -2.35. The van der Waals surface area contributed by atoms with Crippen LogP contribution in [0.2, 0.25) is 0 Å². The van der Waals surface area contributed by atoms with Gasteiger partial charge in [-0.1, -0.05) is 42.8 Å². The van der Waals surface area contributed by atoms with Crippen LogP contribution in [-0.4, -0.2) is 57.3 Å². The second-order valence-corrected chi connectivity index (χ2v) is 10.7. The second kappa shape index (κ2) is 10.5. The number of sulfonamides is 1. The standard InChI is InChI=1S/C26H31N3O4S/c1-28(18-20-10-11-21-8-4-5-9-22(21)16-20)19-26(30)27-24-17-23(12-13-25(24)33-2)34(31,32)29-14-6-3-7-15-29/h4-5,8-13,16-17H,3,6-7,14-15,18-19H2,1-2H3,(H,27,30). The number of ether oxygens (including phenoxy) is 1. The number of methoxy groups -OCH3 is 1. The number of fused-ring (bicyclic) bond motifs is 1. The molecule has 0 bridgehead atoms. The van der Waals surface area contributed by atoms with Gasteiger partial charge in [-0.3, -0.25) is 9.69 Å². The number of carbonyl (C=O) groups is 1. The molecule has 8 heteroatoms. The Labute approximate surface area is 201 Å². The van der Waals surface area contributed by atoms with Gasteiger partial charge in [-0.05, 0) is 60.5 Å². The van der Waals surface area contributed by atoms with Crippen LogP contribution in [0.15, 0.2) is 65.6 Å². The molecular formula is C26H31N3O4S. The van der Waals surface area contributed by atoms with E-state index < -0.39 is 10.0 Å².